The first kappa shape index (κ1) is 10.1. The predicted octanol–water partition coefficient (Wildman–Crippen LogP) is 3.55. The highest BCUT2D eigenvalue weighted by atomic mass is 79.9. The molecule has 0 bridgehead atoms. The number of halogens is 1. The first-order chi connectivity index (χ1) is 7.36. The van der Waals surface area contributed by atoms with Gasteiger partial charge in [0.05, 0.1) is 7.11 Å². The van der Waals surface area contributed by atoms with Gasteiger partial charge in [-0.1, -0.05) is 30.2 Å². The van der Waals surface area contributed by atoms with E-state index < -0.39 is 0 Å². The van der Waals surface area contributed by atoms with Crippen LogP contribution in [0.3, 0.4) is 0 Å². The first-order valence-corrected chi connectivity index (χ1v) is 5.33. The minimum Gasteiger partial charge on any atom is -0.496 e. The van der Waals surface area contributed by atoms with E-state index in [9.17, 15) is 0 Å². The van der Waals surface area contributed by atoms with Crippen LogP contribution in [-0.4, -0.2) is 7.11 Å². The summed E-state index contributed by atoms with van der Waals surface area (Å²) in [5.41, 5.74) is 1.00. The number of hydrogen-bond donors (Lipinski definition) is 0. The third-order valence-electron chi connectivity index (χ3n) is 2.29. The Morgan fingerprint density at radius 3 is 2.47 bits per heavy atom. The summed E-state index contributed by atoms with van der Waals surface area (Å²) in [5, 5.41) is 2.21. The van der Waals surface area contributed by atoms with Crippen molar-refractivity contribution in [2.75, 3.05) is 7.11 Å². The molecule has 15 heavy (non-hydrogen) atoms. The third-order valence-corrected chi connectivity index (χ3v) is 2.48. The van der Waals surface area contributed by atoms with Gasteiger partial charge in [-0.2, -0.15) is 0 Å². The Bertz CT molecular complexity index is 549. The van der Waals surface area contributed by atoms with Crippen LogP contribution < -0.4 is 4.74 Å². The van der Waals surface area contributed by atoms with Crippen molar-refractivity contribution in [2.45, 2.75) is 0 Å². The summed E-state index contributed by atoms with van der Waals surface area (Å²) < 4.78 is 5.30. The highest BCUT2D eigenvalue weighted by Crippen LogP contribution is 2.27. The Morgan fingerprint density at radius 2 is 1.80 bits per heavy atom. The lowest BCUT2D eigenvalue weighted by molar-refractivity contribution is 0.420. The smallest absolute Gasteiger partial charge is 0.126 e. The number of hydrogen-bond acceptors (Lipinski definition) is 1. The molecular weight excluding hydrogens is 252 g/mol. The van der Waals surface area contributed by atoms with Gasteiger partial charge in [-0.3, -0.25) is 0 Å². The van der Waals surface area contributed by atoms with Crippen molar-refractivity contribution in [1.82, 2.24) is 0 Å². The average molecular weight is 261 g/mol. The van der Waals surface area contributed by atoms with Gasteiger partial charge in [-0.05, 0) is 17.0 Å². The van der Waals surface area contributed by atoms with Gasteiger partial charge in [-0.25, -0.2) is 0 Å². The van der Waals surface area contributed by atoms with E-state index in [0.29, 0.717) is 0 Å². The molecule has 0 aliphatic rings. The van der Waals surface area contributed by atoms with Crippen molar-refractivity contribution in [2.24, 2.45) is 0 Å². The van der Waals surface area contributed by atoms with Gasteiger partial charge in [-0.15, -0.1) is 0 Å². The van der Waals surface area contributed by atoms with Crippen LogP contribution in [0.5, 0.6) is 5.75 Å². The lowest BCUT2D eigenvalue weighted by Crippen LogP contribution is -1.86. The Labute approximate surface area is 97.2 Å². The highest BCUT2D eigenvalue weighted by Gasteiger charge is 2.03. The zero-order valence-electron chi connectivity index (χ0n) is 8.25. The molecule has 0 fully saturated rings. The summed E-state index contributed by atoms with van der Waals surface area (Å²) in [4.78, 5) is 2.74. The molecule has 0 amide bonds. The molecule has 0 aliphatic heterocycles. The SMILES string of the molecule is COc1ccc(C#CBr)c2ccccc12. The molecule has 2 heteroatoms. The van der Waals surface area contributed by atoms with Crippen LogP contribution in [0.4, 0.5) is 0 Å². The van der Waals surface area contributed by atoms with Gasteiger partial charge < -0.3 is 4.74 Å². The van der Waals surface area contributed by atoms with Crippen molar-refractivity contribution in [3.8, 4) is 16.5 Å². The Morgan fingerprint density at radius 1 is 1.07 bits per heavy atom. The van der Waals surface area contributed by atoms with Crippen LogP contribution in [0, 0.1) is 10.8 Å². The molecule has 0 spiro atoms. The molecule has 0 radical (unpaired) electrons. The van der Waals surface area contributed by atoms with Crippen molar-refractivity contribution in [3.63, 3.8) is 0 Å². The highest BCUT2D eigenvalue weighted by molar-refractivity contribution is 9.12. The zero-order chi connectivity index (χ0) is 10.7. The minimum absolute atomic E-state index is 0.880. The molecule has 74 valence electrons. The van der Waals surface area contributed by atoms with Crippen molar-refractivity contribution < 1.29 is 4.74 Å². The molecule has 2 aromatic carbocycles. The quantitative estimate of drug-likeness (QED) is 0.713. The van der Waals surface area contributed by atoms with E-state index in [1.54, 1.807) is 7.11 Å². The molecule has 2 rings (SSSR count). The van der Waals surface area contributed by atoms with E-state index in [0.717, 1.165) is 22.1 Å². The van der Waals surface area contributed by atoms with Crippen LogP contribution >= 0.6 is 15.9 Å². The second-order valence-corrected chi connectivity index (χ2v) is 3.48. The summed E-state index contributed by atoms with van der Waals surface area (Å²) in [7, 11) is 1.68. The lowest BCUT2D eigenvalue weighted by Gasteiger charge is -2.06. The fourth-order valence-corrected chi connectivity index (χ4v) is 1.82. The summed E-state index contributed by atoms with van der Waals surface area (Å²) in [5.74, 6) is 3.89. The number of methoxy groups -OCH3 is 1. The van der Waals surface area contributed by atoms with Crippen LogP contribution in [0.2, 0.25) is 0 Å². The molecule has 0 heterocycles. The topological polar surface area (TPSA) is 9.23 Å². The molecule has 0 N–H and O–H groups in total. The van der Waals surface area contributed by atoms with E-state index >= 15 is 0 Å². The van der Waals surface area contributed by atoms with E-state index in [-0.39, 0.29) is 0 Å². The van der Waals surface area contributed by atoms with E-state index in [4.69, 9.17) is 4.74 Å². The summed E-state index contributed by atoms with van der Waals surface area (Å²) in [6, 6.07) is 12.0. The van der Waals surface area contributed by atoms with Crippen LogP contribution in [0.1, 0.15) is 5.56 Å². The summed E-state index contributed by atoms with van der Waals surface area (Å²) >= 11 is 3.12. The zero-order valence-corrected chi connectivity index (χ0v) is 9.84. The maximum Gasteiger partial charge on any atom is 0.126 e. The van der Waals surface area contributed by atoms with E-state index in [1.807, 2.05) is 36.4 Å². The summed E-state index contributed by atoms with van der Waals surface area (Å²) in [6.07, 6.45) is 0. The van der Waals surface area contributed by atoms with Crippen LogP contribution in [0.15, 0.2) is 36.4 Å². The number of ether oxygens (including phenoxy) is 1. The molecule has 0 atom stereocenters. The van der Waals surface area contributed by atoms with Gasteiger partial charge in [0.25, 0.3) is 0 Å². The van der Waals surface area contributed by atoms with E-state index in [1.165, 1.54) is 0 Å². The van der Waals surface area contributed by atoms with Crippen molar-refractivity contribution in [3.05, 3.63) is 42.0 Å². The molecule has 0 saturated heterocycles. The standard InChI is InChI=1S/C13H9BrO/c1-15-13-7-6-10(8-9-14)11-4-2-3-5-12(11)13/h2-7H,1H3. The average Bonchev–Trinajstić information content (AvgIpc) is 2.30. The van der Waals surface area contributed by atoms with E-state index in [2.05, 4.69) is 26.7 Å². The largest absolute Gasteiger partial charge is 0.496 e. The van der Waals surface area contributed by atoms with Gasteiger partial charge in [0.15, 0.2) is 0 Å². The maximum absolute atomic E-state index is 5.30. The van der Waals surface area contributed by atoms with Gasteiger partial charge in [0.2, 0.25) is 0 Å². The molecule has 0 aromatic heterocycles. The van der Waals surface area contributed by atoms with Crippen LogP contribution in [0.25, 0.3) is 10.8 Å². The number of rotatable bonds is 1. The Hall–Kier alpha value is -1.46. The van der Waals surface area contributed by atoms with Gasteiger partial charge >= 0.3 is 0 Å². The molecule has 0 aliphatic carbocycles. The molecule has 2 aromatic rings. The fourth-order valence-electron chi connectivity index (χ4n) is 1.61. The second kappa shape index (κ2) is 4.37. The van der Waals surface area contributed by atoms with Crippen molar-refractivity contribution in [1.29, 1.82) is 0 Å². The maximum atomic E-state index is 5.30. The number of benzene rings is 2. The van der Waals surface area contributed by atoms with Crippen molar-refractivity contribution >= 4 is 26.7 Å². The molecule has 0 saturated carbocycles. The lowest BCUT2D eigenvalue weighted by atomic mass is 10.0. The minimum atomic E-state index is 0.880. The number of fused-ring (bicyclic) bond motifs is 1. The monoisotopic (exact) mass is 260 g/mol. The van der Waals surface area contributed by atoms with Crippen LogP contribution in [-0.2, 0) is 0 Å². The molecule has 0 unspecified atom stereocenters. The predicted molar refractivity (Wildman–Crippen MR) is 66.3 cm³/mol. The normalized spacial score (nSPS) is 9.47. The fraction of sp³-hybridized carbons (Fsp3) is 0.0769. The molecular formula is C13H9BrO. The molecule has 1 nitrogen and oxygen atoms in total. The summed E-state index contributed by atoms with van der Waals surface area (Å²) in [6.45, 7) is 0. The Kier molecular flexibility index (Phi) is 2.94. The third kappa shape index (κ3) is 1.84. The first-order valence-electron chi connectivity index (χ1n) is 4.54. The second-order valence-electron chi connectivity index (χ2n) is 3.08. The van der Waals surface area contributed by atoms with Gasteiger partial charge in [0.1, 0.15) is 5.75 Å². The Balaban J connectivity index is 2.81. The van der Waals surface area contributed by atoms with Gasteiger partial charge in [0, 0.05) is 32.3 Å².